The van der Waals surface area contributed by atoms with E-state index in [1.165, 1.54) is 4.70 Å². The summed E-state index contributed by atoms with van der Waals surface area (Å²) in [6, 6.07) is 16.0. The maximum Gasteiger partial charge on any atom is 0.155 e. The second kappa shape index (κ2) is 5.49. The number of hydrogen-bond donors (Lipinski definition) is 1. The van der Waals surface area contributed by atoms with Crippen molar-refractivity contribution in [3.63, 3.8) is 0 Å². The number of furan rings is 1. The summed E-state index contributed by atoms with van der Waals surface area (Å²) in [5.74, 6) is 0.723. The van der Waals surface area contributed by atoms with Gasteiger partial charge in [0.25, 0.3) is 0 Å². The highest BCUT2D eigenvalue weighted by atomic mass is 32.1. The van der Waals surface area contributed by atoms with E-state index < -0.39 is 0 Å². The first-order chi connectivity index (χ1) is 13.3. The quantitative estimate of drug-likeness (QED) is 0.429. The summed E-state index contributed by atoms with van der Waals surface area (Å²) in [6.45, 7) is 0. The van der Waals surface area contributed by atoms with Gasteiger partial charge in [-0.05, 0) is 47.8 Å². The predicted octanol–water partition coefficient (Wildman–Crippen LogP) is 5.65. The van der Waals surface area contributed by atoms with Gasteiger partial charge in [-0.1, -0.05) is 0 Å². The van der Waals surface area contributed by atoms with E-state index in [0.29, 0.717) is 0 Å². The molecule has 6 rings (SSSR count). The van der Waals surface area contributed by atoms with Gasteiger partial charge in [-0.2, -0.15) is 0 Å². The molecular weight excluding hydrogens is 356 g/mol. The molecule has 0 spiro atoms. The van der Waals surface area contributed by atoms with Gasteiger partial charge in [0.1, 0.15) is 11.2 Å². The van der Waals surface area contributed by atoms with Crippen LogP contribution in [0.2, 0.25) is 0 Å². The molecule has 128 valence electrons. The first-order valence-electron chi connectivity index (χ1n) is 8.52. The summed E-state index contributed by atoms with van der Waals surface area (Å²) < 4.78 is 7.23. The van der Waals surface area contributed by atoms with Crippen molar-refractivity contribution in [2.75, 3.05) is 0 Å². The molecule has 6 aromatic heterocycles. The third kappa shape index (κ3) is 2.34. The van der Waals surface area contributed by atoms with Gasteiger partial charge in [-0.3, -0.25) is 9.97 Å². The first kappa shape index (κ1) is 14.6. The number of thiophene rings is 1. The van der Waals surface area contributed by atoms with Crippen molar-refractivity contribution < 1.29 is 4.42 Å². The molecule has 1 N–H and O–H groups in total. The van der Waals surface area contributed by atoms with Gasteiger partial charge in [0.15, 0.2) is 11.3 Å². The van der Waals surface area contributed by atoms with Crippen molar-refractivity contribution in [1.29, 1.82) is 0 Å². The highest BCUT2D eigenvalue weighted by Gasteiger charge is 2.12. The van der Waals surface area contributed by atoms with E-state index in [2.05, 4.69) is 26.0 Å². The summed E-state index contributed by atoms with van der Waals surface area (Å²) in [7, 11) is 0. The van der Waals surface area contributed by atoms with Crippen LogP contribution in [0.5, 0.6) is 0 Å². The molecule has 5 nitrogen and oxygen atoms in total. The lowest BCUT2D eigenvalue weighted by molar-refractivity contribution is 0.629. The number of aromatic amines is 1. The van der Waals surface area contributed by atoms with Crippen molar-refractivity contribution >= 4 is 43.7 Å². The summed E-state index contributed by atoms with van der Waals surface area (Å²) in [5.41, 5.74) is 7.21. The van der Waals surface area contributed by atoms with Gasteiger partial charge in [-0.25, -0.2) is 4.98 Å². The molecule has 27 heavy (non-hydrogen) atoms. The van der Waals surface area contributed by atoms with Crippen LogP contribution in [-0.2, 0) is 0 Å². The third-order valence-electron chi connectivity index (χ3n) is 4.63. The molecule has 0 unspecified atom stereocenters. The molecule has 0 bridgehead atoms. The van der Waals surface area contributed by atoms with E-state index in [9.17, 15) is 0 Å². The average molecular weight is 368 g/mol. The van der Waals surface area contributed by atoms with Crippen molar-refractivity contribution in [2.45, 2.75) is 0 Å². The zero-order chi connectivity index (χ0) is 17.8. The minimum absolute atomic E-state index is 0.723. The van der Waals surface area contributed by atoms with Gasteiger partial charge in [-0.15, -0.1) is 11.3 Å². The highest BCUT2D eigenvalue weighted by Crippen LogP contribution is 2.31. The molecule has 6 heterocycles. The third-order valence-corrected chi connectivity index (χ3v) is 5.50. The van der Waals surface area contributed by atoms with Gasteiger partial charge in [0.05, 0.1) is 21.3 Å². The number of hydrogen-bond acceptors (Lipinski definition) is 5. The average Bonchev–Trinajstić information content (AvgIpc) is 3.42. The van der Waals surface area contributed by atoms with E-state index in [0.717, 1.165) is 50.4 Å². The minimum Gasteiger partial charge on any atom is -0.453 e. The summed E-state index contributed by atoms with van der Waals surface area (Å²) in [5, 5.41) is 2.04. The second-order valence-corrected chi connectivity index (χ2v) is 7.29. The molecule has 0 fully saturated rings. The Kier molecular flexibility index (Phi) is 2.98. The van der Waals surface area contributed by atoms with Crippen molar-refractivity contribution in [3.05, 3.63) is 66.3 Å². The number of nitrogens with zero attached hydrogens (tertiary/aromatic N) is 3. The van der Waals surface area contributed by atoms with E-state index >= 15 is 0 Å². The number of pyridine rings is 3. The smallest absolute Gasteiger partial charge is 0.155 e. The van der Waals surface area contributed by atoms with Crippen molar-refractivity contribution in [2.24, 2.45) is 0 Å². The Labute approximate surface area is 157 Å². The number of rotatable bonds is 2. The van der Waals surface area contributed by atoms with E-state index in [1.807, 2.05) is 54.0 Å². The maximum atomic E-state index is 6.06. The summed E-state index contributed by atoms with van der Waals surface area (Å²) in [6.07, 6.45) is 3.64. The fourth-order valence-electron chi connectivity index (χ4n) is 3.29. The molecule has 0 amide bonds. The first-order valence-corrected chi connectivity index (χ1v) is 9.40. The zero-order valence-corrected chi connectivity index (χ0v) is 14.8. The van der Waals surface area contributed by atoms with Gasteiger partial charge >= 0.3 is 0 Å². The molecule has 0 atom stereocenters. The van der Waals surface area contributed by atoms with Crippen LogP contribution in [0.15, 0.2) is 70.7 Å². The molecule has 0 aliphatic heterocycles. The second-order valence-electron chi connectivity index (χ2n) is 6.34. The normalized spacial score (nSPS) is 11.7. The van der Waals surface area contributed by atoms with Crippen LogP contribution in [0.4, 0.5) is 0 Å². The maximum absolute atomic E-state index is 6.06. The Morgan fingerprint density at radius 3 is 2.89 bits per heavy atom. The molecule has 0 radical (unpaired) electrons. The van der Waals surface area contributed by atoms with Crippen LogP contribution in [0.1, 0.15) is 0 Å². The standard InChI is InChI=1S/C21H12N4OS/c1-2-13-17(22-6-1)9-16(24-13)12-8-19-18(23-11-12)10-20(26-19)14-3-4-21-15(25-14)5-7-27-21/h1-11,24H. The molecule has 6 heteroatoms. The van der Waals surface area contributed by atoms with E-state index in [4.69, 9.17) is 4.42 Å². The largest absolute Gasteiger partial charge is 0.453 e. The fourth-order valence-corrected chi connectivity index (χ4v) is 4.02. The Hall–Kier alpha value is -3.51. The monoisotopic (exact) mass is 368 g/mol. The number of aromatic nitrogens is 4. The lowest BCUT2D eigenvalue weighted by Crippen LogP contribution is -1.79. The Morgan fingerprint density at radius 1 is 0.926 bits per heavy atom. The molecule has 0 aromatic carbocycles. The van der Waals surface area contributed by atoms with Crippen LogP contribution in [0.25, 0.3) is 55.1 Å². The van der Waals surface area contributed by atoms with Gasteiger partial charge < -0.3 is 9.40 Å². The van der Waals surface area contributed by atoms with Gasteiger partial charge in [0.2, 0.25) is 0 Å². The molecule has 0 saturated carbocycles. The lowest BCUT2D eigenvalue weighted by Gasteiger charge is -1.97. The highest BCUT2D eigenvalue weighted by molar-refractivity contribution is 7.17. The Morgan fingerprint density at radius 2 is 1.93 bits per heavy atom. The molecule has 0 aliphatic rings. The number of H-pyrrole nitrogens is 1. The van der Waals surface area contributed by atoms with E-state index in [-0.39, 0.29) is 0 Å². The van der Waals surface area contributed by atoms with Crippen LogP contribution >= 0.6 is 11.3 Å². The van der Waals surface area contributed by atoms with E-state index in [1.54, 1.807) is 17.5 Å². The molecular formula is C21H12N4OS. The van der Waals surface area contributed by atoms with Crippen LogP contribution in [0.3, 0.4) is 0 Å². The van der Waals surface area contributed by atoms with Gasteiger partial charge in [0, 0.05) is 29.7 Å². The number of nitrogens with one attached hydrogen (secondary N) is 1. The van der Waals surface area contributed by atoms with Crippen LogP contribution in [-0.4, -0.2) is 19.9 Å². The van der Waals surface area contributed by atoms with Crippen LogP contribution in [0, 0.1) is 0 Å². The Balaban J connectivity index is 1.46. The summed E-state index contributed by atoms with van der Waals surface area (Å²) in [4.78, 5) is 17.0. The molecule has 6 aromatic rings. The predicted molar refractivity (Wildman–Crippen MR) is 108 cm³/mol. The SMILES string of the molecule is c1cnc2cc(-c3cnc4cc(-c5ccc6sccc6n5)oc4c3)[nH]c2c1. The van der Waals surface area contributed by atoms with Crippen LogP contribution < -0.4 is 0 Å². The topological polar surface area (TPSA) is 67.6 Å². The number of fused-ring (bicyclic) bond motifs is 3. The van der Waals surface area contributed by atoms with Crippen molar-refractivity contribution in [1.82, 2.24) is 19.9 Å². The molecule has 0 aliphatic carbocycles. The molecule has 0 saturated heterocycles. The fraction of sp³-hybridized carbons (Fsp3) is 0. The lowest BCUT2D eigenvalue weighted by atomic mass is 10.2. The zero-order valence-electron chi connectivity index (χ0n) is 14.0. The minimum atomic E-state index is 0.723. The van der Waals surface area contributed by atoms with Crippen molar-refractivity contribution in [3.8, 4) is 22.7 Å². The Bertz CT molecular complexity index is 1410. The summed E-state index contributed by atoms with van der Waals surface area (Å²) >= 11 is 1.68.